The number of pyridine rings is 1. The Kier molecular flexibility index (Phi) is 5.95. The fraction of sp³-hybridized carbons (Fsp3) is 0.133. The lowest BCUT2D eigenvalue weighted by Gasteiger charge is -2.08. The first-order valence-electron chi connectivity index (χ1n) is 6.62. The van der Waals surface area contributed by atoms with Crippen LogP contribution in [-0.4, -0.2) is 28.8 Å². The number of carbonyl (C=O) groups is 1. The number of phenolic OH excluding ortho intramolecular Hbond substituents is 1. The molecule has 0 unspecified atom stereocenters. The second kappa shape index (κ2) is 7.94. The highest BCUT2D eigenvalue weighted by molar-refractivity contribution is 9.10. The monoisotopic (exact) mass is 397 g/mol. The van der Waals surface area contributed by atoms with E-state index in [1.807, 2.05) is 6.92 Å². The van der Waals surface area contributed by atoms with E-state index in [4.69, 9.17) is 16.3 Å². The number of nitrogens with one attached hydrogen (secondary N) is 1. The summed E-state index contributed by atoms with van der Waals surface area (Å²) in [4.78, 5) is 15.7. The largest absolute Gasteiger partial charge is 0.503 e. The van der Waals surface area contributed by atoms with Crippen molar-refractivity contribution >= 4 is 39.7 Å². The van der Waals surface area contributed by atoms with Gasteiger partial charge in [-0.2, -0.15) is 5.10 Å². The van der Waals surface area contributed by atoms with Gasteiger partial charge in [-0.25, -0.2) is 10.4 Å². The Labute approximate surface area is 146 Å². The van der Waals surface area contributed by atoms with Gasteiger partial charge in [0, 0.05) is 6.20 Å². The maximum atomic E-state index is 11.9. The lowest BCUT2D eigenvalue weighted by Crippen LogP contribution is -2.18. The maximum absolute atomic E-state index is 11.9. The molecule has 6 nitrogen and oxygen atoms in total. The van der Waals surface area contributed by atoms with E-state index in [9.17, 15) is 9.90 Å². The second-order valence-electron chi connectivity index (χ2n) is 4.32. The summed E-state index contributed by atoms with van der Waals surface area (Å²) in [7, 11) is 0. The lowest BCUT2D eigenvalue weighted by atomic mass is 10.2. The Balaban J connectivity index is 2.12. The molecule has 2 rings (SSSR count). The lowest BCUT2D eigenvalue weighted by molar-refractivity contribution is 0.0955. The molecule has 0 saturated carbocycles. The van der Waals surface area contributed by atoms with Crippen molar-refractivity contribution in [3.63, 3.8) is 0 Å². The van der Waals surface area contributed by atoms with Crippen LogP contribution in [0.2, 0.25) is 5.15 Å². The SMILES string of the molecule is CCOc1cc(/C=N/NC(=O)c2cccnc2Cl)cc(Br)c1O. The van der Waals surface area contributed by atoms with E-state index in [1.165, 1.54) is 12.4 Å². The first-order chi connectivity index (χ1) is 11.0. The standard InChI is InChI=1S/C15H13BrClN3O3/c1-2-23-12-7-9(6-11(16)13(12)21)8-19-20-15(22)10-4-3-5-18-14(10)17/h3-8,21H,2H2,1H3,(H,20,22)/b19-8+. The molecule has 1 aromatic heterocycles. The van der Waals surface area contributed by atoms with E-state index >= 15 is 0 Å². The number of hydrogen-bond donors (Lipinski definition) is 2. The summed E-state index contributed by atoms with van der Waals surface area (Å²) in [5, 5.41) is 13.8. The predicted octanol–water partition coefficient (Wildman–Crippen LogP) is 3.37. The van der Waals surface area contributed by atoms with Gasteiger partial charge in [-0.05, 0) is 52.7 Å². The van der Waals surface area contributed by atoms with Crippen molar-refractivity contribution in [3.05, 3.63) is 51.2 Å². The number of hydrogen-bond acceptors (Lipinski definition) is 5. The molecule has 2 N–H and O–H groups in total. The molecule has 0 saturated heterocycles. The van der Waals surface area contributed by atoms with Crippen molar-refractivity contribution in [2.45, 2.75) is 6.92 Å². The predicted molar refractivity (Wildman–Crippen MR) is 91.3 cm³/mol. The van der Waals surface area contributed by atoms with Gasteiger partial charge in [-0.1, -0.05) is 11.6 Å². The zero-order valence-corrected chi connectivity index (χ0v) is 14.4. The number of halogens is 2. The number of ether oxygens (including phenoxy) is 1. The van der Waals surface area contributed by atoms with E-state index in [0.717, 1.165) is 0 Å². The van der Waals surface area contributed by atoms with Gasteiger partial charge >= 0.3 is 0 Å². The van der Waals surface area contributed by atoms with Crippen LogP contribution in [0, 0.1) is 0 Å². The molecule has 23 heavy (non-hydrogen) atoms. The summed E-state index contributed by atoms with van der Waals surface area (Å²) < 4.78 is 5.78. The molecular formula is C15H13BrClN3O3. The molecular weight excluding hydrogens is 386 g/mol. The van der Waals surface area contributed by atoms with Crippen LogP contribution in [-0.2, 0) is 0 Å². The zero-order chi connectivity index (χ0) is 16.8. The van der Waals surface area contributed by atoms with Gasteiger partial charge in [0.1, 0.15) is 5.15 Å². The third-order valence-corrected chi connectivity index (χ3v) is 3.64. The number of nitrogens with zero attached hydrogens (tertiary/aromatic N) is 2. The number of amides is 1. The van der Waals surface area contributed by atoms with Crippen LogP contribution in [0.25, 0.3) is 0 Å². The summed E-state index contributed by atoms with van der Waals surface area (Å²) in [6, 6.07) is 6.40. The van der Waals surface area contributed by atoms with Gasteiger partial charge in [-0.3, -0.25) is 4.79 Å². The molecule has 0 atom stereocenters. The fourth-order valence-corrected chi connectivity index (χ4v) is 2.38. The highest BCUT2D eigenvalue weighted by Crippen LogP contribution is 2.35. The first kappa shape index (κ1) is 17.2. The Morgan fingerprint density at radius 1 is 1.57 bits per heavy atom. The average molecular weight is 399 g/mol. The number of hydrazone groups is 1. The number of aromatic hydroxyl groups is 1. The van der Waals surface area contributed by atoms with Crippen molar-refractivity contribution in [3.8, 4) is 11.5 Å². The smallest absolute Gasteiger partial charge is 0.274 e. The molecule has 0 spiro atoms. The van der Waals surface area contributed by atoms with Crippen LogP contribution in [0.1, 0.15) is 22.8 Å². The average Bonchev–Trinajstić information content (AvgIpc) is 2.52. The number of phenols is 1. The van der Waals surface area contributed by atoms with Gasteiger partial charge in [0.05, 0.1) is 22.9 Å². The Hall–Kier alpha value is -2.12. The van der Waals surface area contributed by atoms with Crippen molar-refractivity contribution in [2.75, 3.05) is 6.61 Å². The molecule has 0 aliphatic heterocycles. The summed E-state index contributed by atoms with van der Waals surface area (Å²) in [5.41, 5.74) is 3.23. The van der Waals surface area contributed by atoms with E-state index in [-0.39, 0.29) is 16.5 Å². The van der Waals surface area contributed by atoms with Crippen LogP contribution >= 0.6 is 27.5 Å². The molecule has 1 amide bonds. The van der Waals surface area contributed by atoms with Crippen LogP contribution < -0.4 is 10.2 Å². The summed E-state index contributed by atoms with van der Waals surface area (Å²) in [5.74, 6) is -0.137. The van der Waals surface area contributed by atoms with Crippen molar-refractivity contribution in [2.24, 2.45) is 5.10 Å². The minimum Gasteiger partial charge on any atom is -0.503 e. The molecule has 2 aromatic rings. The zero-order valence-electron chi connectivity index (χ0n) is 12.1. The van der Waals surface area contributed by atoms with Crippen LogP contribution in [0.4, 0.5) is 0 Å². The Morgan fingerprint density at radius 2 is 2.35 bits per heavy atom. The third kappa shape index (κ3) is 4.43. The molecule has 1 heterocycles. The Morgan fingerprint density at radius 3 is 3.04 bits per heavy atom. The van der Waals surface area contributed by atoms with Crippen molar-refractivity contribution in [1.82, 2.24) is 10.4 Å². The highest BCUT2D eigenvalue weighted by Gasteiger charge is 2.10. The summed E-state index contributed by atoms with van der Waals surface area (Å²) in [6.07, 6.45) is 2.92. The van der Waals surface area contributed by atoms with E-state index in [1.54, 1.807) is 24.3 Å². The topological polar surface area (TPSA) is 83.8 Å². The fourth-order valence-electron chi connectivity index (χ4n) is 1.71. The first-order valence-corrected chi connectivity index (χ1v) is 7.79. The summed E-state index contributed by atoms with van der Waals surface area (Å²) in [6.45, 7) is 2.23. The highest BCUT2D eigenvalue weighted by atomic mass is 79.9. The van der Waals surface area contributed by atoms with Gasteiger partial charge in [0.15, 0.2) is 11.5 Å². The quantitative estimate of drug-likeness (QED) is 0.459. The van der Waals surface area contributed by atoms with Crippen LogP contribution in [0.15, 0.2) is 40.0 Å². The van der Waals surface area contributed by atoms with Crippen molar-refractivity contribution < 1.29 is 14.6 Å². The van der Waals surface area contributed by atoms with E-state index in [2.05, 4.69) is 31.4 Å². The van der Waals surface area contributed by atoms with Gasteiger partial charge in [0.25, 0.3) is 5.91 Å². The molecule has 0 aliphatic rings. The molecule has 0 fully saturated rings. The normalized spacial score (nSPS) is 10.7. The minimum atomic E-state index is -0.470. The van der Waals surface area contributed by atoms with Gasteiger partial charge < -0.3 is 9.84 Å². The molecule has 120 valence electrons. The maximum Gasteiger partial charge on any atom is 0.274 e. The van der Waals surface area contributed by atoms with Crippen LogP contribution in [0.3, 0.4) is 0 Å². The molecule has 0 aliphatic carbocycles. The third-order valence-electron chi connectivity index (χ3n) is 2.73. The number of benzene rings is 1. The molecule has 0 bridgehead atoms. The van der Waals surface area contributed by atoms with Crippen LogP contribution in [0.5, 0.6) is 11.5 Å². The van der Waals surface area contributed by atoms with Crippen molar-refractivity contribution in [1.29, 1.82) is 0 Å². The molecule has 8 heteroatoms. The van der Waals surface area contributed by atoms with Gasteiger partial charge in [-0.15, -0.1) is 0 Å². The Bertz CT molecular complexity index is 753. The van der Waals surface area contributed by atoms with E-state index in [0.29, 0.717) is 22.4 Å². The van der Waals surface area contributed by atoms with Gasteiger partial charge in [0.2, 0.25) is 0 Å². The number of aromatic nitrogens is 1. The van der Waals surface area contributed by atoms with E-state index < -0.39 is 5.91 Å². The number of carbonyl (C=O) groups excluding carboxylic acids is 1. The minimum absolute atomic E-state index is 0.00942. The number of rotatable bonds is 5. The summed E-state index contributed by atoms with van der Waals surface area (Å²) >= 11 is 9.06. The second-order valence-corrected chi connectivity index (χ2v) is 5.54. The molecule has 1 aromatic carbocycles. The molecule has 0 radical (unpaired) electrons.